The van der Waals surface area contributed by atoms with E-state index in [0.717, 1.165) is 19.0 Å². The number of halogens is 1. The number of aromatic nitrogens is 2. The van der Waals surface area contributed by atoms with Crippen LogP contribution in [-0.4, -0.2) is 53.1 Å². The highest BCUT2D eigenvalue weighted by Gasteiger charge is 2.19. The Kier molecular flexibility index (Phi) is 9.77. The van der Waals surface area contributed by atoms with E-state index in [1.807, 2.05) is 25.8 Å². The lowest BCUT2D eigenvalue weighted by Crippen LogP contribution is -2.48. The highest BCUT2D eigenvalue weighted by atomic mass is 127. The molecule has 1 aliphatic heterocycles. The average molecular weight is 496 g/mol. The Labute approximate surface area is 185 Å². The normalized spacial score (nSPS) is 15.9. The number of piperidine rings is 1. The Hall–Kier alpha value is -1.61. The number of benzene rings is 1. The van der Waals surface area contributed by atoms with E-state index in [1.54, 1.807) is 0 Å². The fourth-order valence-electron chi connectivity index (χ4n) is 3.54. The van der Waals surface area contributed by atoms with Crippen LogP contribution in [0, 0.1) is 0 Å². The molecule has 1 aromatic heterocycles. The van der Waals surface area contributed by atoms with E-state index in [0.29, 0.717) is 6.04 Å². The Balaban J connectivity index is 0.00000280. The molecule has 2 heterocycles. The monoisotopic (exact) mass is 496 g/mol. The molecule has 2 aromatic rings. The van der Waals surface area contributed by atoms with Gasteiger partial charge in [-0.3, -0.25) is 4.99 Å². The van der Waals surface area contributed by atoms with Gasteiger partial charge in [0.05, 0.1) is 6.33 Å². The van der Waals surface area contributed by atoms with Crippen molar-refractivity contribution in [1.29, 1.82) is 0 Å². The summed E-state index contributed by atoms with van der Waals surface area (Å²) in [6, 6.07) is 9.22. The van der Waals surface area contributed by atoms with Gasteiger partial charge in [-0.05, 0) is 36.9 Å². The van der Waals surface area contributed by atoms with Crippen LogP contribution >= 0.6 is 24.0 Å². The second-order valence-electron chi connectivity index (χ2n) is 7.24. The van der Waals surface area contributed by atoms with Crippen molar-refractivity contribution in [2.24, 2.45) is 4.99 Å². The lowest BCUT2D eigenvalue weighted by molar-refractivity contribution is 0.206. The summed E-state index contributed by atoms with van der Waals surface area (Å²) in [7, 11) is 1.84. The summed E-state index contributed by atoms with van der Waals surface area (Å²) in [5.74, 6) is 0.895. The van der Waals surface area contributed by atoms with Crippen LogP contribution in [0.3, 0.4) is 0 Å². The molecule has 6 nitrogen and oxygen atoms in total. The largest absolute Gasteiger partial charge is 0.354 e. The van der Waals surface area contributed by atoms with Crippen molar-refractivity contribution in [3.8, 4) is 0 Å². The second kappa shape index (κ2) is 12.1. The molecule has 0 amide bonds. The number of hydrogen-bond acceptors (Lipinski definition) is 3. The molecule has 2 N–H and O–H groups in total. The van der Waals surface area contributed by atoms with Crippen molar-refractivity contribution in [2.75, 3.05) is 26.7 Å². The van der Waals surface area contributed by atoms with E-state index in [1.165, 1.54) is 50.0 Å². The smallest absolute Gasteiger partial charge is 0.191 e. The maximum absolute atomic E-state index is 4.39. The number of imidazole rings is 1. The van der Waals surface area contributed by atoms with Crippen molar-refractivity contribution in [1.82, 2.24) is 25.1 Å². The van der Waals surface area contributed by atoms with Gasteiger partial charge in [-0.25, -0.2) is 4.98 Å². The Morgan fingerprint density at radius 1 is 1.18 bits per heavy atom. The minimum absolute atomic E-state index is 0. The molecule has 0 unspecified atom stereocenters. The number of guanidine groups is 1. The van der Waals surface area contributed by atoms with E-state index < -0.39 is 0 Å². The first-order chi connectivity index (χ1) is 13.3. The van der Waals surface area contributed by atoms with Crippen LogP contribution < -0.4 is 10.6 Å². The van der Waals surface area contributed by atoms with Crippen LogP contribution in [0.1, 0.15) is 37.3 Å². The molecule has 0 spiro atoms. The van der Waals surface area contributed by atoms with Crippen LogP contribution in [0.25, 0.3) is 0 Å². The summed E-state index contributed by atoms with van der Waals surface area (Å²) in [6.07, 6.45) is 9.25. The van der Waals surface area contributed by atoms with E-state index in [9.17, 15) is 0 Å². The minimum atomic E-state index is 0. The molecule has 28 heavy (non-hydrogen) atoms. The van der Waals surface area contributed by atoms with Crippen molar-refractivity contribution in [2.45, 2.75) is 45.3 Å². The van der Waals surface area contributed by atoms with Crippen molar-refractivity contribution >= 4 is 29.9 Å². The molecule has 1 fully saturated rings. The summed E-state index contributed by atoms with van der Waals surface area (Å²) >= 11 is 0. The van der Waals surface area contributed by atoms with Crippen LogP contribution in [-0.2, 0) is 13.1 Å². The van der Waals surface area contributed by atoms with Crippen LogP contribution in [0.15, 0.2) is 48.0 Å². The van der Waals surface area contributed by atoms with Crippen LogP contribution in [0.5, 0.6) is 0 Å². The summed E-state index contributed by atoms with van der Waals surface area (Å²) < 4.78 is 2.07. The first-order valence-electron chi connectivity index (χ1n) is 10.00. The standard InChI is InChI=1S/C21H32N6.HI/c1-3-11-26-12-8-20(9-13-26)25-21(22-2)24-15-18-4-6-19(7-5-18)16-27-14-10-23-17-27;/h4-7,10,14,17,20H,3,8-9,11-13,15-16H2,1-2H3,(H2,22,24,25);1H. The van der Waals surface area contributed by atoms with Gasteiger partial charge in [0, 0.05) is 51.7 Å². The highest BCUT2D eigenvalue weighted by molar-refractivity contribution is 14.0. The molecule has 0 radical (unpaired) electrons. The van der Waals surface area contributed by atoms with E-state index in [-0.39, 0.29) is 24.0 Å². The van der Waals surface area contributed by atoms with Gasteiger partial charge < -0.3 is 20.1 Å². The zero-order chi connectivity index (χ0) is 18.9. The predicted molar refractivity (Wildman–Crippen MR) is 126 cm³/mol. The first-order valence-corrected chi connectivity index (χ1v) is 10.00. The Bertz CT molecular complexity index is 690. The third-order valence-corrected chi connectivity index (χ3v) is 5.10. The number of hydrogen-bond donors (Lipinski definition) is 2. The summed E-state index contributed by atoms with van der Waals surface area (Å²) in [5, 5.41) is 7.03. The molecule has 0 atom stereocenters. The maximum atomic E-state index is 4.39. The topological polar surface area (TPSA) is 57.5 Å². The predicted octanol–water partition coefficient (Wildman–Crippen LogP) is 3.09. The fourth-order valence-corrected chi connectivity index (χ4v) is 3.54. The Morgan fingerprint density at radius 3 is 2.50 bits per heavy atom. The number of rotatable bonds is 7. The third-order valence-electron chi connectivity index (χ3n) is 5.10. The number of nitrogens with zero attached hydrogens (tertiary/aromatic N) is 4. The molecule has 3 rings (SSSR count). The zero-order valence-electron chi connectivity index (χ0n) is 17.0. The molecular formula is C21H33IN6. The average Bonchev–Trinajstić information content (AvgIpc) is 3.21. The summed E-state index contributed by atoms with van der Waals surface area (Å²) in [4.78, 5) is 11.0. The van der Waals surface area contributed by atoms with Gasteiger partial charge in [0.1, 0.15) is 0 Å². The minimum Gasteiger partial charge on any atom is -0.354 e. The van der Waals surface area contributed by atoms with E-state index in [2.05, 4.69) is 61.3 Å². The summed E-state index contributed by atoms with van der Waals surface area (Å²) in [6.45, 7) is 7.46. The fraction of sp³-hybridized carbons (Fsp3) is 0.524. The summed E-state index contributed by atoms with van der Waals surface area (Å²) in [5.41, 5.74) is 2.53. The molecule has 154 valence electrons. The van der Waals surface area contributed by atoms with Gasteiger partial charge in [-0.1, -0.05) is 31.2 Å². The quantitative estimate of drug-likeness (QED) is 0.352. The van der Waals surface area contributed by atoms with Crippen LogP contribution in [0.4, 0.5) is 0 Å². The van der Waals surface area contributed by atoms with Gasteiger partial charge in [0.25, 0.3) is 0 Å². The van der Waals surface area contributed by atoms with Gasteiger partial charge in [0.2, 0.25) is 0 Å². The molecule has 1 aromatic carbocycles. The van der Waals surface area contributed by atoms with Crippen LogP contribution in [0.2, 0.25) is 0 Å². The first kappa shape index (κ1) is 22.7. The maximum Gasteiger partial charge on any atom is 0.191 e. The van der Waals surface area contributed by atoms with Gasteiger partial charge in [-0.15, -0.1) is 24.0 Å². The van der Waals surface area contributed by atoms with Gasteiger partial charge in [-0.2, -0.15) is 0 Å². The third kappa shape index (κ3) is 7.09. The van der Waals surface area contributed by atoms with Gasteiger partial charge in [0.15, 0.2) is 5.96 Å². The lowest BCUT2D eigenvalue weighted by Gasteiger charge is -2.32. The highest BCUT2D eigenvalue weighted by Crippen LogP contribution is 2.11. The van der Waals surface area contributed by atoms with Crippen molar-refractivity contribution in [3.05, 3.63) is 54.1 Å². The molecule has 1 aliphatic rings. The molecule has 0 saturated carbocycles. The molecule has 1 saturated heterocycles. The van der Waals surface area contributed by atoms with E-state index in [4.69, 9.17) is 0 Å². The molecule has 0 aliphatic carbocycles. The SMILES string of the molecule is CCCN1CCC(NC(=NC)NCc2ccc(Cn3ccnc3)cc2)CC1.I. The number of nitrogens with one attached hydrogen (secondary N) is 2. The van der Waals surface area contributed by atoms with E-state index >= 15 is 0 Å². The zero-order valence-corrected chi connectivity index (χ0v) is 19.3. The number of aliphatic imine (C=N–C) groups is 1. The number of likely N-dealkylation sites (tertiary alicyclic amines) is 1. The lowest BCUT2D eigenvalue weighted by atomic mass is 10.1. The molecule has 0 bridgehead atoms. The van der Waals surface area contributed by atoms with Crippen molar-refractivity contribution in [3.63, 3.8) is 0 Å². The second-order valence-corrected chi connectivity index (χ2v) is 7.24. The molecular weight excluding hydrogens is 463 g/mol. The Morgan fingerprint density at radius 2 is 1.89 bits per heavy atom. The van der Waals surface area contributed by atoms with Crippen molar-refractivity contribution < 1.29 is 0 Å². The molecule has 7 heteroatoms. The van der Waals surface area contributed by atoms with Gasteiger partial charge >= 0.3 is 0 Å².